The molecule has 0 fully saturated rings. The van der Waals surface area contributed by atoms with Gasteiger partial charge < -0.3 is 4.74 Å². The molecule has 4 aromatic rings. The Kier molecular flexibility index (Phi) is 4.38. The van der Waals surface area contributed by atoms with Crippen molar-refractivity contribution in [3.05, 3.63) is 89.6 Å². The molecule has 0 N–H and O–H groups in total. The summed E-state index contributed by atoms with van der Waals surface area (Å²) in [5.41, 5.74) is 2.04. The molecule has 0 aliphatic carbocycles. The third-order valence-corrected chi connectivity index (χ3v) is 4.46. The van der Waals surface area contributed by atoms with E-state index in [2.05, 4.69) is 4.98 Å². The van der Waals surface area contributed by atoms with Gasteiger partial charge in [-0.3, -0.25) is 4.79 Å². The van der Waals surface area contributed by atoms with Crippen LogP contribution in [0.1, 0.15) is 33.3 Å². The molecule has 0 aliphatic heterocycles. The van der Waals surface area contributed by atoms with Crippen LogP contribution in [-0.2, 0) is 4.74 Å². The van der Waals surface area contributed by atoms with Crippen molar-refractivity contribution in [3.8, 4) is 0 Å². The first kappa shape index (κ1) is 16.9. The fraction of sp³-hybridized carbons (Fsp3) is 0.0870. The summed E-state index contributed by atoms with van der Waals surface area (Å²) in [5.74, 6) is -0.585. The van der Waals surface area contributed by atoms with Gasteiger partial charge in [0.15, 0.2) is 0 Å². The molecule has 0 bridgehead atoms. The van der Waals surface area contributed by atoms with Gasteiger partial charge in [-0.05, 0) is 30.5 Å². The number of carbonyl (C=O) groups is 2. The van der Waals surface area contributed by atoms with Crippen molar-refractivity contribution in [1.29, 1.82) is 0 Å². The molecule has 0 aliphatic rings. The first-order chi connectivity index (χ1) is 13.2. The quantitative estimate of drug-likeness (QED) is 0.300. The van der Waals surface area contributed by atoms with Gasteiger partial charge in [-0.15, -0.1) is 0 Å². The Morgan fingerprint density at radius 1 is 0.815 bits per heavy atom. The SMILES string of the molecule is CCOC(=O)c1ccc2c(c1)c(C(=O)c1ccccc1)nc1ccccc12. The third kappa shape index (κ3) is 3.06. The topological polar surface area (TPSA) is 56.3 Å². The van der Waals surface area contributed by atoms with E-state index in [0.717, 1.165) is 16.3 Å². The molecular weight excluding hydrogens is 338 g/mol. The van der Waals surface area contributed by atoms with Gasteiger partial charge in [-0.1, -0.05) is 54.6 Å². The minimum Gasteiger partial charge on any atom is -0.462 e. The summed E-state index contributed by atoms with van der Waals surface area (Å²) in [7, 11) is 0. The fourth-order valence-corrected chi connectivity index (χ4v) is 3.20. The van der Waals surface area contributed by atoms with Crippen molar-refractivity contribution in [2.75, 3.05) is 6.61 Å². The first-order valence-corrected chi connectivity index (χ1v) is 8.78. The van der Waals surface area contributed by atoms with Crippen molar-refractivity contribution in [2.45, 2.75) is 6.92 Å². The number of ketones is 1. The van der Waals surface area contributed by atoms with Crippen LogP contribution in [0.2, 0.25) is 0 Å². The molecule has 1 heterocycles. The van der Waals surface area contributed by atoms with E-state index in [0.29, 0.717) is 28.8 Å². The van der Waals surface area contributed by atoms with Gasteiger partial charge >= 0.3 is 5.97 Å². The summed E-state index contributed by atoms with van der Waals surface area (Å²) < 4.78 is 5.11. The monoisotopic (exact) mass is 355 g/mol. The second-order valence-corrected chi connectivity index (χ2v) is 6.15. The Bertz CT molecular complexity index is 1170. The van der Waals surface area contributed by atoms with E-state index in [1.165, 1.54) is 0 Å². The van der Waals surface area contributed by atoms with Crippen LogP contribution in [0.4, 0.5) is 0 Å². The highest BCUT2D eigenvalue weighted by molar-refractivity contribution is 6.20. The average molecular weight is 355 g/mol. The van der Waals surface area contributed by atoms with Crippen molar-refractivity contribution < 1.29 is 14.3 Å². The lowest BCUT2D eigenvalue weighted by Gasteiger charge is -2.11. The number of pyridine rings is 1. The maximum Gasteiger partial charge on any atom is 0.338 e. The molecule has 27 heavy (non-hydrogen) atoms. The van der Waals surface area contributed by atoms with E-state index in [9.17, 15) is 9.59 Å². The van der Waals surface area contributed by atoms with Crippen molar-refractivity contribution >= 4 is 33.4 Å². The number of benzene rings is 3. The van der Waals surface area contributed by atoms with E-state index >= 15 is 0 Å². The highest BCUT2D eigenvalue weighted by atomic mass is 16.5. The van der Waals surface area contributed by atoms with Crippen LogP contribution in [0.5, 0.6) is 0 Å². The smallest absolute Gasteiger partial charge is 0.338 e. The normalized spacial score (nSPS) is 10.9. The molecule has 3 aromatic carbocycles. The zero-order valence-electron chi connectivity index (χ0n) is 14.8. The summed E-state index contributed by atoms with van der Waals surface area (Å²) in [6.45, 7) is 2.06. The summed E-state index contributed by atoms with van der Waals surface area (Å²) in [4.78, 5) is 29.9. The molecule has 0 spiro atoms. The molecule has 0 radical (unpaired) electrons. The molecule has 4 rings (SSSR count). The van der Waals surface area contributed by atoms with Gasteiger partial charge in [0.2, 0.25) is 5.78 Å². The van der Waals surface area contributed by atoms with Gasteiger partial charge in [0.1, 0.15) is 5.69 Å². The highest BCUT2D eigenvalue weighted by Gasteiger charge is 2.18. The Morgan fingerprint density at radius 2 is 1.56 bits per heavy atom. The number of carbonyl (C=O) groups excluding carboxylic acids is 2. The Hall–Kier alpha value is -3.53. The Balaban J connectivity index is 2.00. The van der Waals surface area contributed by atoms with Crippen molar-refractivity contribution in [3.63, 3.8) is 0 Å². The highest BCUT2D eigenvalue weighted by Crippen LogP contribution is 2.29. The average Bonchev–Trinajstić information content (AvgIpc) is 2.73. The third-order valence-electron chi connectivity index (χ3n) is 4.46. The Morgan fingerprint density at radius 3 is 2.33 bits per heavy atom. The van der Waals surface area contributed by atoms with Gasteiger partial charge in [0, 0.05) is 16.3 Å². The minimum absolute atomic E-state index is 0.174. The van der Waals surface area contributed by atoms with Crippen LogP contribution in [0, 0.1) is 0 Å². The van der Waals surface area contributed by atoms with Crippen molar-refractivity contribution in [1.82, 2.24) is 4.98 Å². The fourth-order valence-electron chi connectivity index (χ4n) is 3.20. The van der Waals surface area contributed by atoms with Crippen LogP contribution in [0.15, 0.2) is 72.8 Å². The molecule has 0 amide bonds. The molecule has 4 nitrogen and oxygen atoms in total. The maximum absolute atomic E-state index is 13.1. The number of esters is 1. The van der Waals surface area contributed by atoms with Gasteiger partial charge in [0.25, 0.3) is 0 Å². The summed E-state index contributed by atoms with van der Waals surface area (Å²) in [6.07, 6.45) is 0. The van der Waals surface area contributed by atoms with Gasteiger partial charge in [-0.2, -0.15) is 0 Å². The minimum atomic E-state index is -0.411. The number of aromatic nitrogens is 1. The standard InChI is InChI=1S/C23H17NO3/c1-2-27-23(26)16-12-13-17-18-10-6-7-11-20(18)24-21(19(17)14-16)22(25)15-8-4-3-5-9-15/h3-14H,2H2,1H3. The number of hydrogen-bond acceptors (Lipinski definition) is 4. The van der Waals surface area contributed by atoms with E-state index in [4.69, 9.17) is 4.74 Å². The summed E-state index contributed by atoms with van der Waals surface area (Å²) in [6, 6.07) is 22.0. The van der Waals surface area contributed by atoms with E-state index < -0.39 is 5.97 Å². The molecule has 132 valence electrons. The van der Waals surface area contributed by atoms with Crippen LogP contribution in [-0.4, -0.2) is 23.3 Å². The van der Waals surface area contributed by atoms with Crippen LogP contribution < -0.4 is 0 Å². The second kappa shape index (κ2) is 7.00. The number of fused-ring (bicyclic) bond motifs is 3. The number of para-hydroxylation sites is 1. The lowest BCUT2D eigenvalue weighted by Crippen LogP contribution is -2.08. The number of nitrogens with zero attached hydrogens (tertiary/aromatic N) is 1. The van der Waals surface area contributed by atoms with Crippen LogP contribution in [0.25, 0.3) is 21.7 Å². The predicted molar refractivity (Wildman–Crippen MR) is 105 cm³/mol. The molecule has 0 saturated carbocycles. The predicted octanol–water partition coefficient (Wildman–Crippen LogP) is 4.80. The number of rotatable bonds is 4. The summed E-state index contributed by atoms with van der Waals surface area (Å²) in [5, 5.41) is 2.47. The molecule has 4 heteroatoms. The number of hydrogen-bond donors (Lipinski definition) is 0. The van der Waals surface area contributed by atoms with Crippen LogP contribution >= 0.6 is 0 Å². The second-order valence-electron chi connectivity index (χ2n) is 6.15. The van der Waals surface area contributed by atoms with E-state index in [1.54, 1.807) is 31.2 Å². The molecule has 1 aromatic heterocycles. The van der Waals surface area contributed by atoms with Crippen LogP contribution in [0.3, 0.4) is 0 Å². The lowest BCUT2D eigenvalue weighted by molar-refractivity contribution is 0.0526. The molecule has 0 saturated heterocycles. The zero-order chi connectivity index (χ0) is 18.8. The summed E-state index contributed by atoms with van der Waals surface area (Å²) >= 11 is 0. The molecular formula is C23H17NO3. The number of ether oxygens (including phenoxy) is 1. The van der Waals surface area contributed by atoms with E-state index in [1.807, 2.05) is 48.5 Å². The van der Waals surface area contributed by atoms with Crippen molar-refractivity contribution in [2.24, 2.45) is 0 Å². The van der Waals surface area contributed by atoms with Gasteiger partial charge in [-0.25, -0.2) is 9.78 Å². The lowest BCUT2D eigenvalue weighted by atomic mass is 9.97. The Labute approximate surface area is 156 Å². The first-order valence-electron chi connectivity index (χ1n) is 8.78. The molecule has 0 atom stereocenters. The van der Waals surface area contributed by atoms with Gasteiger partial charge in [0.05, 0.1) is 17.7 Å². The maximum atomic E-state index is 13.1. The molecule has 0 unspecified atom stereocenters. The largest absolute Gasteiger partial charge is 0.462 e. The zero-order valence-corrected chi connectivity index (χ0v) is 14.8. The van der Waals surface area contributed by atoms with E-state index in [-0.39, 0.29) is 5.78 Å².